The molecule has 1 aromatic heterocycles. The Hall–Kier alpha value is -2.34. The van der Waals surface area contributed by atoms with Crippen molar-refractivity contribution in [3.05, 3.63) is 47.5 Å². The molecule has 39 heavy (non-hydrogen) atoms. The SMILES string of the molecule is CC(C)(C)CC(=O)N(CCN1CCOCC1)Cc1cnc(S(=O)(=O)Cc2ccccc2F)n1C[C@H]1CCCO1. The van der Waals surface area contributed by atoms with Crippen LogP contribution in [0.1, 0.15) is 51.3 Å². The molecule has 0 spiro atoms. The fraction of sp³-hybridized carbons (Fsp3) is 0.643. The van der Waals surface area contributed by atoms with Crippen LogP contribution in [0.5, 0.6) is 0 Å². The van der Waals surface area contributed by atoms with Crippen molar-refractivity contribution >= 4 is 15.7 Å². The Labute approximate surface area is 231 Å². The van der Waals surface area contributed by atoms with Crippen LogP contribution in [0.4, 0.5) is 4.39 Å². The number of carbonyl (C=O) groups is 1. The predicted molar refractivity (Wildman–Crippen MR) is 145 cm³/mol. The number of sulfone groups is 1. The van der Waals surface area contributed by atoms with Gasteiger partial charge in [0.25, 0.3) is 0 Å². The molecule has 4 rings (SSSR count). The van der Waals surface area contributed by atoms with E-state index in [0.717, 1.165) is 25.9 Å². The molecule has 0 radical (unpaired) electrons. The van der Waals surface area contributed by atoms with Crippen molar-refractivity contribution < 1.29 is 27.1 Å². The van der Waals surface area contributed by atoms with Gasteiger partial charge in [0, 0.05) is 44.8 Å². The average molecular weight is 565 g/mol. The minimum atomic E-state index is -3.97. The van der Waals surface area contributed by atoms with Gasteiger partial charge in [0.2, 0.25) is 20.9 Å². The number of amides is 1. The maximum atomic E-state index is 14.3. The Morgan fingerprint density at radius 1 is 1.18 bits per heavy atom. The summed E-state index contributed by atoms with van der Waals surface area (Å²) in [6, 6.07) is 5.87. The molecule has 9 nitrogen and oxygen atoms in total. The van der Waals surface area contributed by atoms with Crippen molar-refractivity contribution in [3.63, 3.8) is 0 Å². The number of nitrogens with zero attached hydrogens (tertiary/aromatic N) is 4. The lowest BCUT2D eigenvalue weighted by Crippen LogP contribution is -2.43. The number of aromatic nitrogens is 2. The van der Waals surface area contributed by atoms with Gasteiger partial charge in [-0.15, -0.1) is 0 Å². The molecule has 1 atom stereocenters. The Morgan fingerprint density at radius 3 is 2.59 bits per heavy atom. The Kier molecular flexibility index (Phi) is 9.79. The first kappa shape index (κ1) is 29.6. The topological polar surface area (TPSA) is 94.0 Å². The third-order valence-electron chi connectivity index (χ3n) is 7.07. The summed E-state index contributed by atoms with van der Waals surface area (Å²) in [7, 11) is -3.97. The van der Waals surface area contributed by atoms with E-state index < -0.39 is 21.4 Å². The van der Waals surface area contributed by atoms with Gasteiger partial charge in [0.05, 0.1) is 50.1 Å². The van der Waals surface area contributed by atoms with E-state index in [9.17, 15) is 17.6 Å². The van der Waals surface area contributed by atoms with Crippen LogP contribution in [0.25, 0.3) is 0 Å². The predicted octanol–water partition coefficient (Wildman–Crippen LogP) is 3.27. The zero-order valence-corrected chi connectivity index (χ0v) is 24.1. The number of benzene rings is 1. The summed E-state index contributed by atoms with van der Waals surface area (Å²) < 4.78 is 54.3. The van der Waals surface area contributed by atoms with E-state index >= 15 is 0 Å². The fourth-order valence-electron chi connectivity index (χ4n) is 4.98. The highest BCUT2D eigenvalue weighted by atomic mass is 32.2. The van der Waals surface area contributed by atoms with E-state index in [0.29, 0.717) is 51.6 Å². The number of imidazole rings is 1. The lowest BCUT2D eigenvalue weighted by molar-refractivity contribution is -0.134. The summed E-state index contributed by atoms with van der Waals surface area (Å²) in [6.07, 6.45) is 3.48. The van der Waals surface area contributed by atoms with Crippen LogP contribution in [-0.4, -0.2) is 85.8 Å². The average Bonchev–Trinajstić information content (AvgIpc) is 3.53. The third-order valence-corrected chi connectivity index (χ3v) is 8.64. The minimum Gasteiger partial charge on any atom is -0.379 e. The molecule has 0 unspecified atom stereocenters. The van der Waals surface area contributed by atoms with Gasteiger partial charge in [-0.3, -0.25) is 9.69 Å². The molecule has 216 valence electrons. The Bertz CT molecular complexity index is 1210. The van der Waals surface area contributed by atoms with Crippen LogP contribution in [0, 0.1) is 11.2 Å². The van der Waals surface area contributed by atoms with E-state index in [1.165, 1.54) is 24.4 Å². The summed E-state index contributed by atoms with van der Waals surface area (Å²) in [4.78, 5) is 21.8. The number of morpholine rings is 1. The van der Waals surface area contributed by atoms with Crippen molar-refractivity contribution in [1.82, 2.24) is 19.4 Å². The van der Waals surface area contributed by atoms with Crippen LogP contribution >= 0.6 is 0 Å². The molecular weight excluding hydrogens is 523 g/mol. The first-order chi connectivity index (χ1) is 18.5. The summed E-state index contributed by atoms with van der Waals surface area (Å²) >= 11 is 0. The molecule has 0 saturated carbocycles. The molecule has 1 aromatic carbocycles. The van der Waals surface area contributed by atoms with Gasteiger partial charge in [0.15, 0.2) is 0 Å². The zero-order chi connectivity index (χ0) is 28.0. The molecule has 2 saturated heterocycles. The van der Waals surface area contributed by atoms with Crippen LogP contribution in [0.3, 0.4) is 0 Å². The molecule has 0 aliphatic carbocycles. The first-order valence-electron chi connectivity index (χ1n) is 13.7. The number of ether oxygens (including phenoxy) is 2. The molecule has 2 aromatic rings. The van der Waals surface area contributed by atoms with E-state index in [1.807, 2.05) is 20.8 Å². The largest absolute Gasteiger partial charge is 0.379 e. The Balaban J connectivity index is 1.61. The first-order valence-corrected chi connectivity index (χ1v) is 15.4. The van der Waals surface area contributed by atoms with Crippen molar-refractivity contribution in [2.45, 2.75) is 70.1 Å². The van der Waals surface area contributed by atoms with Crippen molar-refractivity contribution in [3.8, 4) is 0 Å². The molecular formula is C28H41FN4O5S. The second-order valence-corrected chi connectivity index (χ2v) is 13.5. The van der Waals surface area contributed by atoms with Crippen LogP contribution in [-0.2, 0) is 42.9 Å². The zero-order valence-electron chi connectivity index (χ0n) is 23.3. The van der Waals surface area contributed by atoms with Gasteiger partial charge >= 0.3 is 0 Å². The van der Waals surface area contributed by atoms with E-state index in [2.05, 4.69) is 9.88 Å². The third kappa shape index (κ3) is 8.33. The lowest BCUT2D eigenvalue weighted by atomic mass is 9.91. The number of hydrogen-bond acceptors (Lipinski definition) is 7. The second-order valence-electron chi connectivity index (χ2n) is 11.6. The van der Waals surface area contributed by atoms with Gasteiger partial charge in [-0.2, -0.15) is 0 Å². The molecule has 2 aliphatic rings. The smallest absolute Gasteiger partial charge is 0.228 e. The fourth-order valence-corrected chi connectivity index (χ4v) is 6.49. The second kappa shape index (κ2) is 12.9. The molecule has 2 fully saturated rings. The highest BCUT2D eigenvalue weighted by Gasteiger charge is 2.30. The highest BCUT2D eigenvalue weighted by Crippen LogP contribution is 2.25. The van der Waals surface area contributed by atoms with Gasteiger partial charge in [-0.05, 0) is 24.3 Å². The summed E-state index contributed by atoms with van der Waals surface area (Å²) in [5, 5.41) is -0.118. The molecule has 3 heterocycles. The van der Waals surface area contributed by atoms with Crippen LogP contribution < -0.4 is 0 Å². The van der Waals surface area contributed by atoms with Gasteiger partial charge in [-0.1, -0.05) is 39.0 Å². The highest BCUT2D eigenvalue weighted by molar-refractivity contribution is 7.90. The number of hydrogen-bond donors (Lipinski definition) is 0. The molecule has 0 N–H and O–H groups in total. The van der Waals surface area contributed by atoms with Crippen LogP contribution in [0.15, 0.2) is 35.6 Å². The summed E-state index contributed by atoms with van der Waals surface area (Å²) in [5.74, 6) is -1.05. The number of carbonyl (C=O) groups excluding carboxylic acids is 1. The van der Waals surface area contributed by atoms with Gasteiger partial charge in [0.1, 0.15) is 5.82 Å². The molecule has 0 bridgehead atoms. The van der Waals surface area contributed by atoms with Crippen LogP contribution in [0.2, 0.25) is 0 Å². The van der Waals surface area contributed by atoms with E-state index in [1.54, 1.807) is 15.5 Å². The lowest BCUT2D eigenvalue weighted by Gasteiger charge is -2.31. The number of halogens is 1. The van der Waals surface area contributed by atoms with Crippen molar-refractivity contribution in [1.29, 1.82) is 0 Å². The summed E-state index contributed by atoms with van der Waals surface area (Å²) in [5.41, 5.74) is 0.528. The standard InChI is InChI=1S/C28H41FN4O5S/c1-28(2,3)17-26(34)32(11-10-31-12-15-37-16-13-31)19-23-18-30-27(33(23)20-24-8-6-14-38-24)39(35,36)21-22-7-4-5-9-25(22)29/h4-5,7,9,18,24H,6,8,10-17,19-21H2,1-3H3/t24-/m1/s1. The monoisotopic (exact) mass is 564 g/mol. The number of rotatable bonds is 11. The van der Waals surface area contributed by atoms with E-state index in [4.69, 9.17) is 9.47 Å². The van der Waals surface area contributed by atoms with E-state index in [-0.39, 0.29) is 34.7 Å². The quantitative estimate of drug-likeness (QED) is 0.414. The maximum absolute atomic E-state index is 14.3. The normalized spacial score (nSPS) is 18.9. The molecule has 11 heteroatoms. The maximum Gasteiger partial charge on any atom is 0.228 e. The van der Waals surface area contributed by atoms with Crippen molar-refractivity contribution in [2.75, 3.05) is 46.0 Å². The minimum absolute atomic E-state index is 0.0105. The molecule has 2 aliphatic heterocycles. The van der Waals surface area contributed by atoms with Crippen molar-refractivity contribution in [2.24, 2.45) is 5.41 Å². The van der Waals surface area contributed by atoms with Gasteiger partial charge in [-0.25, -0.2) is 17.8 Å². The Morgan fingerprint density at radius 2 is 1.92 bits per heavy atom. The summed E-state index contributed by atoms with van der Waals surface area (Å²) in [6.45, 7) is 11.4. The molecule has 1 amide bonds. The van der Waals surface area contributed by atoms with Gasteiger partial charge < -0.3 is 18.9 Å².